The molecule has 0 atom stereocenters. The van der Waals surface area contributed by atoms with Gasteiger partial charge in [0.2, 0.25) is 5.91 Å². The molecule has 0 spiro atoms. The van der Waals surface area contributed by atoms with Gasteiger partial charge in [-0.05, 0) is 37.1 Å². The van der Waals surface area contributed by atoms with Crippen LogP contribution in [0.15, 0.2) is 30.3 Å². The number of halogens is 2. The maximum Gasteiger partial charge on any atom is 0.228 e. The van der Waals surface area contributed by atoms with Crippen molar-refractivity contribution in [2.24, 2.45) is 5.92 Å². The van der Waals surface area contributed by atoms with Crippen LogP contribution in [0.1, 0.15) is 12.8 Å². The summed E-state index contributed by atoms with van der Waals surface area (Å²) in [5.74, 6) is -1.09. The Kier molecular flexibility index (Phi) is 3.47. The van der Waals surface area contributed by atoms with E-state index in [0.29, 0.717) is 17.3 Å². The van der Waals surface area contributed by atoms with Gasteiger partial charge in [0.05, 0.1) is 0 Å². The van der Waals surface area contributed by atoms with Crippen molar-refractivity contribution < 1.29 is 13.6 Å². The van der Waals surface area contributed by atoms with E-state index < -0.39 is 11.6 Å². The molecule has 1 aliphatic carbocycles. The summed E-state index contributed by atoms with van der Waals surface area (Å²) in [4.78, 5) is 11.5. The van der Waals surface area contributed by atoms with E-state index in [1.54, 1.807) is 12.1 Å². The van der Waals surface area contributed by atoms with Crippen molar-refractivity contribution >= 4 is 23.2 Å². The molecule has 0 saturated heterocycles. The van der Waals surface area contributed by atoms with Gasteiger partial charge in [0.1, 0.15) is 0 Å². The molecule has 0 aliphatic heterocycles. The van der Waals surface area contributed by atoms with Gasteiger partial charge in [0.25, 0.3) is 0 Å². The normalized spacial score (nSPS) is 13.8. The maximum atomic E-state index is 13.1. The monoisotopic (exact) mass is 290 g/mol. The largest absolute Gasteiger partial charge is 0.339 e. The van der Waals surface area contributed by atoms with E-state index in [1.165, 1.54) is 6.07 Å². The quantitative estimate of drug-likeness (QED) is 0.908. The van der Waals surface area contributed by atoms with Gasteiger partial charge in [0.15, 0.2) is 23.3 Å². The van der Waals surface area contributed by atoms with Crippen LogP contribution in [0.3, 0.4) is 0 Å². The topological polar surface area (TPSA) is 66.9 Å². The number of carbonyl (C=O) groups is 1. The third-order valence-electron chi connectivity index (χ3n) is 3.06. The highest BCUT2D eigenvalue weighted by Crippen LogP contribution is 2.29. The summed E-state index contributed by atoms with van der Waals surface area (Å²) in [6, 6.07) is 6.63. The number of hydrogen-bond donors (Lipinski definition) is 2. The molecule has 1 aromatic heterocycles. The number of nitrogens with zero attached hydrogens (tertiary/aromatic N) is 2. The van der Waals surface area contributed by atoms with Gasteiger partial charge in [0, 0.05) is 17.7 Å². The number of nitrogens with one attached hydrogen (secondary N) is 2. The Morgan fingerprint density at radius 3 is 2.38 bits per heavy atom. The highest BCUT2D eigenvalue weighted by molar-refractivity contribution is 5.93. The second kappa shape index (κ2) is 5.43. The SMILES string of the molecule is O=C(Nc1ccc(Nc2ccc(F)c(F)c2)nn1)C1CC1. The number of aromatic nitrogens is 2. The summed E-state index contributed by atoms with van der Waals surface area (Å²) in [5.41, 5.74) is 0.359. The average Bonchev–Trinajstić information content (AvgIpc) is 3.30. The predicted octanol–water partition coefficient (Wildman–Crippen LogP) is 2.85. The zero-order chi connectivity index (χ0) is 14.8. The Hall–Kier alpha value is -2.57. The van der Waals surface area contributed by atoms with Crippen LogP contribution >= 0.6 is 0 Å². The fourth-order valence-electron chi connectivity index (χ4n) is 1.76. The smallest absolute Gasteiger partial charge is 0.228 e. The third-order valence-corrected chi connectivity index (χ3v) is 3.06. The molecule has 1 saturated carbocycles. The minimum atomic E-state index is -0.943. The second-order valence-electron chi connectivity index (χ2n) is 4.82. The molecule has 0 bridgehead atoms. The average molecular weight is 290 g/mol. The summed E-state index contributed by atoms with van der Waals surface area (Å²) in [5, 5.41) is 13.2. The molecular formula is C14H12F2N4O. The van der Waals surface area contributed by atoms with E-state index in [1.807, 2.05) is 0 Å². The van der Waals surface area contributed by atoms with Gasteiger partial charge in [-0.1, -0.05) is 0 Å². The van der Waals surface area contributed by atoms with Crippen molar-refractivity contribution in [2.45, 2.75) is 12.8 Å². The van der Waals surface area contributed by atoms with Crippen LogP contribution in [0.4, 0.5) is 26.1 Å². The van der Waals surface area contributed by atoms with Crippen molar-refractivity contribution in [3.63, 3.8) is 0 Å². The zero-order valence-corrected chi connectivity index (χ0v) is 10.9. The summed E-state index contributed by atoms with van der Waals surface area (Å²) in [7, 11) is 0. The van der Waals surface area contributed by atoms with E-state index in [2.05, 4.69) is 20.8 Å². The maximum absolute atomic E-state index is 13.1. The molecular weight excluding hydrogens is 278 g/mol. The van der Waals surface area contributed by atoms with E-state index >= 15 is 0 Å². The molecule has 2 aromatic rings. The summed E-state index contributed by atoms with van der Waals surface area (Å²) in [6.07, 6.45) is 1.82. The number of hydrogen-bond acceptors (Lipinski definition) is 4. The third kappa shape index (κ3) is 3.31. The van der Waals surface area contributed by atoms with E-state index in [0.717, 1.165) is 25.0 Å². The van der Waals surface area contributed by atoms with Crippen LogP contribution in [-0.4, -0.2) is 16.1 Å². The molecule has 1 amide bonds. The van der Waals surface area contributed by atoms with Crippen molar-refractivity contribution in [1.29, 1.82) is 0 Å². The molecule has 0 radical (unpaired) electrons. The van der Waals surface area contributed by atoms with Crippen LogP contribution in [0.2, 0.25) is 0 Å². The van der Waals surface area contributed by atoms with Gasteiger partial charge < -0.3 is 10.6 Å². The fourth-order valence-corrected chi connectivity index (χ4v) is 1.76. The minimum absolute atomic E-state index is 0.0504. The lowest BCUT2D eigenvalue weighted by Crippen LogP contribution is -2.14. The molecule has 108 valence electrons. The molecule has 3 rings (SSSR count). The van der Waals surface area contributed by atoms with Gasteiger partial charge in [-0.3, -0.25) is 4.79 Å². The lowest BCUT2D eigenvalue weighted by molar-refractivity contribution is -0.117. The summed E-state index contributed by atoms with van der Waals surface area (Å²) in [6.45, 7) is 0. The minimum Gasteiger partial charge on any atom is -0.339 e. The van der Waals surface area contributed by atoms with Crippen LogP contribution in [0.5, 0.6) is 0 Å². The Morgan fingerprint density at radius 1 is 1.05 bits per heavy atom. The summed E-state index contributed by atoms with van der Waals surface area (Å²) < 4.78 is 25.9. The zero-order valence-electron chi connectivity index (χ0n) is 10.9. The van der Waals surface area contributed by atoms with Crippen molar-refractivity contribution in [3.8, 4) is 0 Å². The molecule has 21 heavy (non-hydrogen) atoms. The Morgan fingerprint density at radius 2 is 1.76 bits per heavy atom. The van der Waals surface area contributed by atoms with Crippen molar-refractivity contribution in [2.75, 3.05) is 10.6 Å². The number of benzene rings is 1. The first-order valence-electron chi connectivity index (χ1n) is 6.48. The molecule has 1 fully saturated rings. The number of anilines is 3. The van der Waals surface area contributed by atoms with Crippen LogP contribution in [0, 0.1) is 17.6 Å². The van der Waals surface area contributed by atoms with E-state index in [-0.39, 0.29) is 11.8 Å². The standard InChI is InChI=1S/C14H12F2N4O/c15-10-4-3-9(7-11(10)16)17-12-5-6-13(20-19-12)18-14(21)8-1-2-8/h3-8H,1-2H2,(H,17,19)(H,18,20,21). The van der Waals surface area contributed by atoms with Crippen LogP contribution in [-0.2, 0) is 4.79 Å². The molecule has 2 N–H and O–H groups in total. The molecule has 1 heterocycles. The van der Waals surface area contributed by atoms with E-state index in [9.17, 15) is 13.6 Å². The van der Waals surface area contributed by atoms with Gasteiger partial charge in [-0.25, -0.2) is 8.78 Å². The lowest BCUT2D eigenvalue weighted by Gasteiger charge is -2.06. The molecule has 7 heteroatoms. The van der Waals surface area contributed by atoms with Crippen LogP contribution < -0.4 is 10.6 Å². The highest BCUT2D eigenvalue weighted by Gasteiger charge is 2.29. The fraction of sp³-hybridized carbons (Fsp3) is 0.214. The number of rotatable bonds is 4. The lowest BCUT2D eigenvalue weighted by atomic mass is 10.3. The Labute approximate surface area is 119 Å². The first-order chi connectivity index (χ1) is 10.1. The molecule has 1 aromatic carbocycles. The van der Waals surface area contributed by atoms with Crippen LogP contribution in [0.25, 0.3) is 0 Å². The van der Waals surface area contributed by atoms with Crippen molar-refractivity contribution in [3.05, 3.63) is 42.0 Å². The van der Waals surface area contributed by atoms with Gasteiger partial charge in [-0.2, -0.15) is 0 Å². The molecule has 0 unspecified atom stereocenters. The Bertz CT molecular complexity index is 671. The highest BCUT2D eigenvalue weighted by atomic mass is 19.2. The molecule has 5 nitrogen and oxygen atoms in total. The Balaban J connectivity index is 1.65. The predicted molar refractivity (Wildman–Crippen MR) is 73.0 cm³/mol. The van der Waals surface area contributed by atoms with E-state index in [4.69, 9.17) is 0 Å². The second-order valence-corrected chi connectivity index (χ2v) is 4.82. The molecule has 1 aliphatic rings. The number of amides is 1. The summed E-state index contributed by atoms with van der Waals surface area (Å²) >= 11 is 0. The first-order valence-corrected chi connectivity index (χ1v) is 6.48. The van der Waals surface area contributed by atoms with Crippen molar-refractivity contribution in [1.82, 2.24) is 10.2 Å². The number of carbonyl (C=O) groups excluding carboxylic acids is 1. The van der Waals surface area contributed by atoms with Gasteiger partial charge >= 0.3 is 0 Å². The first kappa shape index (κ1) is 13.4. The van der Waals surface area contributed by atoms with Gasteiger partial charge in [-0.15, -0.1) is 10.2 Å².